The molecule has 1 atom stereocenters. The van der Waals surface area contributed by atoms with E-state index in [2.05, 4.69) is 36.5 Å². The van der Waals surface area contributed by atoms with Gasteiger partial charge in [-0.1, -0.05) is 31.2 Å². The van der Waals surface area contributed by atoms with Crippen molar-refractivity contribution < 1.29 is 0 Å². The Kier molecular flexibility index (Phi) is 2.51. The molecule has 1 nitrogen and oxygen atoms in total. The Hall–Kier alpha value is -0.820. The fourth-order valence-electron chi connectivity index (χ4n) is 2.97. The molecule has 86 valence electrons. The Morgan fingerprint density at radius 3 is 2.94 bits per heavy atom. The van der Waals surface area contributed by atoms with Crippen molar-refractivity contribution >= 4 is 0 Å². The fraction of sp³-hybridized carbons (Fsp3) is 0.600. The van der Waals surface area contributed by atoms with Crippen LogP contribution < -0.4 is 5.32 Å². The Labute approximate surface area is 98.3 Å². The molecule has 0 amide bonds. The lowest BCUT2D eigenvalue weighted by Gasteiger charge is -2.36. The normalized spacial score (nSPS) is 28.8. The maximum absolute atomic E-state index is 3.71. The minimum absolute atomic E-state index is 0.372. The summed E-state index contributed by atoms with van der Waals surface area (Å²) in [5.74, 6) is 0. The van der Waals surface area contributed by atoms with Gasteiger partial charge in [0.25, 0.3) is 0 Å². The Balaban J connectivity index is 1.83. The van der Waals surface area contributed by atoms with E-state index in [9.17, 15) is 0 Å². The highest BCUT2D eigenvalue weighted by Gasteiger charge is 2.33. The number of nitrogens with one attached hydrogen (secondary N) is 1. The van der Waals surface area contributed by atoms with Crippen molar-refractivity contribution in [2.75, 3.05) is 6.54 Å². The molecule has 2 aliphatic rings. The molecule has 1 N–H and O–H groups in total. The molecular formula is C15H21N. The largest absolute Gasteiger partial charge is 0.313 e. The summed E-state index contributed by atoms with van der Waals surface area (Å²) in [5, 5.41) is 3.71. The van der Waals surface area contributed by atoms with Crippen LogP contribution in [0.5, 0.6) is 0 Å². The van der Waals surface area contributed by atoms with Crippen LogP contribution in [0.2, 0.25) is 0 Å². The number of hydrogen-bond donors (Lipinski definition) is 1. The predicted molar refractivity (Wildman–Crippen MR) is 67.8 cm³/mol. The summed E-state index contributed by atoms with van der Waals surface area (Å²) in [6.45, 7) is 3.59. The third-order valence-corrected chi connectivity index (χ3v) is 4.20. The summed E-state index contributed by atoms with van der Waals surface area (Å²) in [7, 11) is 0. The van der Waals surface area contributed by atoms with Gasteiger partial charge in [-0.05, 0) is 43.2 Å². The second-order valence-electron chi connectivity index (χ2n) is 5.73. The quantitative estimate of drug-likeness (QED) is 0.817. The molecule has 0 bridgehead atoms. The average Bonchev–Trinajstić information content (AvgIpc) is 3.11. The number of rotatable bonds is 3. The number of hydrogen-bond acceptors (Lipinski definition) is 1. The van der Waals surface area contributed by atoms with Crippen molar-refractivity contribution in [1.29, 1.82) is 0 Å². The highest BCUT2D eigenvalue weighted by Crippen LogP contribution is 2.37. The first-order valence-corrected chi connectivity index (χ1v) is 6.60. The van der Waals surface area contributed by atoms with Crippen LogP contribution in [0.4, 0.5) is 0 Å². The maximum atomic E-state index is 3.71. The molecule has 2 aliphatic carbocycles. The highest BCUT2D eigenvalue weighted by molar-refractivity contribution is 5.36. The predicted octanol–water partition coefficient (Wildman–Crippen LogP) is 3.03. The van der Waals surface area contributed by atoms with Gasteiger partial charge in [0.15, 0.2) is 0 Å². The van der Waals surface area contributed by atoms with Gasteiger partial charge in [0.1, 0.15) is 0 Å². The van der Waals surface area contributed by atoms with Crippen LogP contribution in [0.15, 0.2) is 24.3 Å². The molecule has 0 heterocycles. The molecule has 0 radical (unpaired) electrons. The SMILES string of the molecule is CC1(CNC2CC2)CCCc2ccccc21. The summed E-state index contributed by atoms with van der Waals surface area (Å²) >= 11 is 0. The van der Waals surface area contributed by atoms with Gasteiger partial charge in [-0.2, -0.15) is 0 Å². The van der Waals surface area contributed by atoms with E-state index in [0.29, 0.717) is 5.41 Å². The molecule has 0 aromatic heterocycles. The summed E-state index contributed by atoms with van der Waals surface area (Å²) in [6.07, 6.45) is 6.73. The fourth-order valence-corrected chi connectivity index (χ4v) is 2.97. The molecule has 1 heteroatoms. The van der Waals surface area contributed by atoms with Crippen LogP contribution in [0, 0.1) is 0 Å². The minimum Gasteiger partial charge on any atom is -0.313 e. The Morgan fingerprint density at radius 2 is 2.12 bits per heavy atom. The highest BCUT2D eigenvalue weighted by atomic mass is 15.0. The van der Waals surface area contributed by atoms with Gasteiger partial charge < -0.3 is 5.32 Å². The first kappa shape index (κ1) is 10.3. The van der Waals surface area contributed by atoms with Gasteiger partial charge in [0.2, 0.25) is 0 Å². The van der Waals surface area contributed by atoms with Crippen molar-refractivity contribution in [3.63, 3.8) is 0 Å². The first-order chi connectivity index (χ1) is 7.78. The van der Waals surface area contributed by atoms with E-state index in [-0.39, 0.29) is 0 Å². The number of fused-ring (bicyclic) bond motifs is 1. The van der Waals surface area contributed by atoms with E-state index in [1.165, 1.54) is 32.1 Å². The third kappa shape index (κ3) is 1.89. The standard InChI is InChI=1S/C15H21N/c1-15(11-16-13-8-9-13)10-4-6-12-5-2-3-7-14(12)15/h2-3,5,7,13,16H,4,6,8-11H2,1H3. The summed E-state index contributed by atoms with van der Waals surface area (Å²) in [6, 6.07) is 9.84. The van der Waals surface area contributed by atoms with E-state index in [1.54, 1.807) is 11.1 Å². The third-order valence-electron chi connectivity index (χ3n) is 4.20. The summed E-state index contributed by atoms with van der Waals surface area (Å²) in [5.41, 5.74) is 3.54. The van der Waals surface area contributed by atoms with Crippen molar-refractivity contribution in [3.05, 3.63) is 35.4 Å². The molecule has 0 saturated heterocycles. The van der Waals surface area contributed by atoms with Gasteiger partial charge >= 0.3 is 0 Å². The second-order valence-corrected chi connectivity index (χ2v) is 5.73. The molecule has 1 aromatic carbocycles. The monoisotopic (exact) mass is 215 g/mol. The zero-order valence-electron chi connectivity index (χ0n) is 10.1. The topological polar surface area (TPSA) is 12.0 Å². The van der Waals surface area contributed by atoms with Crippen LogP contribution in [-0.2, 0) is 11.8 Å². The zero-order chi connectivity index (χ0) is 11.0. The first-order valence-electron chi connectivity index (χ1n) is 6.60. The lowest BCUT2D eigenvalue weighted by molar-refractivity contribution is 0.368. The van der Waals surface area contributed by atoms with Gasteiger partial charge in [-0.3, -0.25) is 0 Å². The minimum atomic E-state index is 0.372. The van der Waals surface area contributed by atoms with Crippen LogP contribution in [0.25, 0.3) is 0 Å². The number of aryl methyl sites for hydroxylation is 1. The van der Waals surface area contributed by atoms with Crippen molar-refractivity contribution in [2.45, 2.75) is 50.5 Å². The molecule has 0 aliphatic heterocycles. The Bertz CT molecular complexity index is 381. The van der Waals surface area contributed by atoms with Gasteiger partial charge in [0, 0.05) is 18.0 Å². The zero-order valence-corrected chi connectivity index (χ0v) is 10.1. The van der Waals surface area contributed by atoms with Gasteiger partial charge in [0.05, 0.1) is 0 Å². The van der Waals surface area contributed by atoms with E-state index in [0.717, 1.165) is 12.6 Å². The summed E-state index contributed by atoms with van der Waals surface area (Å²) < 4.78 is 0. The molecular weight excluding hydrogens is 194 g/mol. The smallest absolute Gasteiger partial charge is 0.00685 e. The second kappa shape index (κ2) is 3.89. The molecule has 3 rings (SSSR count). The van der Waals surface area contributed by atoms with Crippen molar-refractivity contribution in [3.8, 4) is 0 Å². The molecule has 1 saturated carbocycles. The lowest BCUT2D eigenvalue weighted by Crippen LogP contribution is -2.39. The number of benzene rings is 1. The molecule has 1 aromatic rings. The molecule has 1 unspecified atom stereocenters. The molecule has 1 fully saturated rings. The van der Waals surface area contributed by atoms with E-state index >= 15 is 0 Å². The van der Waals surface area contributed by atoms with Crippen LogP contribution >= 0.6 is 0 Å². The van der Waals surface area contributed by atoms with Crippen LogP contribution in [0.3, 0.4) is 0 Å². The molecule has 0 spiro atoms. The van der Waals surface area contributed by atoms with Crippen molar-refractivity contribution in [2.24, 2.45) is 0 Å². The lowest BCUT2D eigenvalue weighted by atomic mass is 9.71. The van der Waals surface area contributed by atoms with Crippen LogP contribution in [0.1, 0.15) is 43.7 Å². The Morgan fingerprint density at radius 1 is 1.31 bits per heavy atom. The summed E-state index contributed by atoms with van der Waals surface area (Å²) in [4.78, 5) is 0. The maximum Gasteiger partial charge on any atom is 0.00685 e. The van der Waals surface area contributed by atoms with Gasteiger partial charge in [-0.15, -0.1) is 0 Å². The average molecular weight is 215 g/mol. The van der Waals surface area contributed by atoms with E-state index in [1.807, 2.05) is 0 Å². The van der Waals surface area contributed by atoms with Gasteiger partial charge in [-0.25, -0.2) is 0 Å². The molecule has 16 heavy (non-hydrogen) atoms. The van der Waals surface area contributed by atoms with E-state index < -0.39 is 0 Å². The van der Waals surface area contributed by atoms with E-state index in [4.69, 9.17) is 0 Å². The van der Waals surface area contributed by atoms with Crippen molar-refractivity contribution in [1.82, 2.24) is 5.32 Å². The van der Waals surface area contributed by atoms with Crippen LogP contribution in [-0.4, -0.2) is 12.6 Å².